The third-order valence-electron chi connectivity index (χ3n) is 3.99. The lowest BCUT2D eigenvalue weighted by molar-refractivity contribution is 0.0509. The fourth-order valence-electron chi connectivity index (χ4n) is 2.82. The normalized spacial score (nSPS) is 34.8. The van der Waals surface area contributed by atoms with Crippen molar-refractivity contribution < 1.29 is 4.74 Å². The van der Waals surface area contributed by atoms with Crippen LogP contribution in [0.3, 0.4) is 0 Å². The Morgan fingerprint density at radius 2 is 2.00 bits per heavy atom. The first-order chi connectivity index (χ1) is 7.31. The highest BCUT2D eigenvalue weighted by Gasteiger charge is 2.31. The van der Waals surface area contributed by atoms with E-state index in [0.717, 1.165) is 36.4 Å². The first-order valence-corrected chi connectivity index (χ1v) is 7.31. The van der Waals surface area contributed by atoms with Gasteiger partial charge in [-0.1, -0.05) is 22.9 Å². The van der Waals surface area contributed by atoms with Gasteiger partial charge in [0.25, 0.3) is 0 Å². The summed E-state index contributed by atoms with van der Waals surface area (Å²) in [6.07, 6.45) is 3.90. The van der Waals surface area contributed by atoms with Crippen molar-refractivity contribution in [3.63, 3.8) is 0 Å². The van der Waals surface area contributed by atoms with Crippen LogP contribution in [0.25, 0.3) is 0 Å². The lowest BCUT2D eigenvalue weighted by Gasteiger charge is -2.31. The molecule has 0 radical (unpaired) electrons. The minimum atomic E-state index is 0.771. The molecule has 0 aromatic rings. The standard InChI is InChI=1S/C12H22BrNO/c1-10-2-5-14(12(10)8-13)9-11-3-6-15-7-4-11/h10-12H,2-9H2,1H3. The Morgan fingerprint density at radius 3 is 2.67 bits per heavy atom. The maximum Gasteiger partial charge on any atom is 0.0469 e. The average Bonchev–Trinajstić information content (AvgIpc) is 2.61. The molecule has 2 aliphatic rings. The molecule has 2 atom stereocenters. The van der Waals surface area contributed by atoms with Crippen LogP contribution in [0.4, 0.5) is 0 Å². The number of halogens is 1. The molecular weight excluding hydrogens is 254 g/mol. The number of hydrogen-bond donors (Lipinski definition) is 0. The van der Waals surface area contributed by atoms with Gasteiger partial charge in [0, 0.05) is 31.1 Å². The van der Waals surface area contributed by atoms with E-state index < -0.39 is 0 Å². The molecule has 2 aliphatic heterocycles. The van der Waals surface area contributed by atoms with Gasteiger partial charge in [-0.05, 0) is 37.6 Å². The van der Waals surface area contributed by atoms with Gasteiger partial charge in [0.2, 0.25) is 0 Å². The summed E-state index contributed by atoms with van der Waals surface area (Å²) >= 11 is 3.66. The fourth-order valence-corrected chi connectivity index (χ4v) is 3.87. The topological polar surface area (TPSA) is 12.5 Å². The molecule has 3 heteroatoms. The third kappa shape index (κ3) is 2.95. The van der Waals surface area contributed by atoms with E-state index in [9.17, 15) is 0 Å². The van der Waals surface area contributed by atoms with Crippen LogP contribution in [0.2, 0.25) is 0 Å². The molecule has 2 heterocycles. The Hall–Kier alpha value is 0.400. The zero-order valence-corrected chi connectivity index (χ0v) is 11.2. The van der Waals surface area contributed by atoms with E-state index in [1.807, 2.05) is 0 Å². The van der Waals surface area contributed by atoms with Crippen LogP contribution in [0, 0.1) is 11.8 Å². The molecule has 0 aliphatic carbocycles. The van der Waals surface area contributed by atoms with E-state index in [1.165, 1.54) is 32.4 Å². The van der Waals surface area contributed by atoms with E-state index in [-0.39, 0.29) is 0 Å². The van der Waals surface area contributed by atoms with Gasteiger partial charge in [-0.25, -0.2) is 0 Å². The van der Waals surface area contributed by atoms with Crippen molar-refractivity contribution in [1.29, 1.82) is 0 Å². The Bertz CT molecular complexity index is 194. The van der Waals surface area contributed by atoms with Crippen LogP contribution in [-0.4, -0.2) is 42.6 Å². The zero-order valence-electron chi connectivity index (χ0n) is 9.62. The molecule has 2 rings (SSSR count). The Labute approximate surface area is 101 Å². The van der Waals surface area contributed by atoms with Crippen LogP contribution < -0.4 is 0 Å². The molecule has 0 amide bonds. The second kappa shape index (κ2) is 5.65. The van der Waals surface area contributed by atoms with Gasteiger partial charge in [-0.2, -0.15) is 0 Å². The summed E-state index contributed by atoms with van der Waals surface area (Å²) < 4.78 is 5.41. The SMILES string of the molecule is CC1CCN(CC2CCOCC2)C1CBr. The highest BCUT2D eigenvalue weighted by Crippen LogP contribution is 2.28. The fraction of sp³-hybridized carbons (Fsp3) is 1.00. The monoisotopic (exact) mass is 275 g/mol. The number of alkyl halides is 1. The predicted molar refractivity (Wildman–Crippen MR) is 66.5 cm³/mol. The van der Waals surface area contributed by atoms with Crippen molar-refractivity contribution in [2.45, 2.75) is 32.2 Å². The van der Waals surface area contributed by atoms with Crippen molar-refractivity contribution in [1.82, 2.24) is 4.90 Å². The zero-order chi connectivity index (χ0) is 10.7. The summed E-state index contributed by atoms with van der Waals surface area (Å²) in [5.74, 6) is 1.75. The molecule has 0 aromatic carbocycles. The van der Waals surface area contributed by atoms with Crippen LogP contribution >= 0.6 is 15.9 Å². The molecule has 0 saturated carbocycles. The smallest absolute Gasteiger partial charge is 0.0469 e. The molecule has 0 spiro atoms. The summed E-state index contributed by atoms with van der Waals surface area (Å²) in [6, 6.07) is 0.771. The van der Waals surface area contributed by atoms with Gasteiger partial charge < -0.3 is 4.74 Å². The lowest BCUT2D eigenvalue weighted by Crippen LogP contribution is -2.38. The molecule has 2 nitrogen and oxygen atoms in total. The molecule has 2 saturated heterocycles. The third-order valence-corrected chi connectivity index (χ3v) is 4.65. The second-order valence-corrected chi connectivity index (χ2v) is 5.69. The number of ether oxygens (including phenoxy) is 1. The van der Waals surface area contributed by atoms with Crippen molar-refractivity contribution in [3.8, 4) is 0 Å². The van der Waals surface area contributed by atoms with Crippen LogP contribution in [0.15, 0.2) is 0 Å². The Kier molecular flexibility index (Phi) is 4.47. The highest BCUT2D eigenvalue weighted by atomic mass is 79.9. The van der Waals surface area contributed by atoms with Crippen molar-refractivity contribution >= 4 is 15.9 Å². The molecule has 88 valence electrons. The first-order valence-electron chi connectivity index (χ1n) is 6.19. The summed E-state index contributed by atoms with van der Waals surface area (Å²) in [4.78, 5) is 2.69. The summed E-state index contributed by atoms with van der Waals surface area (Å²) in [7, 11) is 0. The molecule has 15 heavy (non-hydrogen) atoms. The van der Waals surface area contributed by atoms with E-state index in [4.69, 9.17) is 4.74 Å². The molecule has 2 unspecified atom stereocenters. The Morgan fingerprint density at radius 1 is 1.27 bits per heavy atom. The predicted octanol–water partition coefficient (Wildman–Crippen LogP) is 2.52. The number of rotatable bonds is 3. The quantitative estimate of drug-likeness (QED) is 0.734. The first kappa shape index (κ1) is 11.9. The van der Waals surface area contributed by atoms with Gasteiger partial charge in [0.15, 0.2) is 0 Å². The minimum absolute atomic E-state index is 0.771. The van der Waals surface area contributed by atoms with Gasteiger partial charge in [0.1, 0.15) is 0 Å². The maximum absolute atomic E-state index is 5.41. The van der Waals surface area contributed by atoms with Crippen molar-refractivity contribution in [2.24, 2.45) is 11.8 Å². The van der Waals surface area contributed by atoms with Crippen LogP contribution in [0.5, 0.6) is 0 Å². The second-order valence-electron chi connectivity index (χ2n) is 5.04. The molecule has 2 fully saturated rings. The van der Waals surface area contributed by atoms with E-state index in [1.54, 1.807) is 0 Å². The number of hydrogen-bond acceptors (Lipinski definition) is 2. The summed E-state index contributed by atoms with van der Waals surface area (Å²) in [5, 5.41) is 1.14. The maximum atomic E-state index is 5.41. The van der Waals surface area contributed by atoms with Gasteiger partial charge in [-0.15, -0.1) is 0 Å². The molecule has 0 N–H and O–H groups in total. The molecular formula is C12H22BrNO. The summed E-state index contributed by atoms with van der Waals surface area (Å²) in [6.45, 7) is 6.94. The average molecular weight is 276 g/mol. The van der Waals surface area contributed by atoms with Gasteiger partial charge >= 0.3 is 0 Å². The molecule has 0 bridgehead atoms. The number of likely N-dealkylation sites (tertiary alicyclic amines) is 1. The van der Waals surface area contributed by atoms with Crippen LogP contribution in [-0.2, 0) is 4.74 Å². The van der Waals surface area contributed by atoms with E-state index in [2.05, 4.69) is 27.8 Å². The summed E-state index contributed by atoms with van der Waals surface area (Å²) in [5.41, 5.74) is 0. The molecule has 0 aromatic heterocycles. The van der Waals surface area contributed by atoms with Crippen molar-refractivity contribution in [3.05, 3.63) is 0 Å². The van der Waals surface area contributed by atoms with Crippen molar-refractivity contribution in [2.75, 3.05) is 31.6 Å². The number of nitrogens with zero attached hydrogens (tertiary/aromatic N) is 1. The highest BCUT2D eigenvalue weighted by molar-refractivity contribution is 9.09. The minimum Gasteiger partial charge on any atom is -0.381 e. The lowest BCUT2D eigenvalue weighted by atomic mass is 9.99. The largest absolute Gasteiger partial charge is 0.381 e. The van der Waals surface area contributed by atoms with E-state index in [0.29, 0.717) is 0 Å². The van der Waals surface area contributed by atoms with Gasteiger partial charge in [-0.3, -0.25) is 4.90 Å². The Balaban J connectivity index is 1.82. The van der Waals surface area contributed by atoms with E-state index >= 15 is 0 Å². The van der Waals surface area contributed by atoms with Crippen LogP contribution in [0.1, 0.15) is 26.2 Å². The van der Waals surface area contributed by atoms with Gasteiger partial charge in [0.05, 0.1) is 0 Å².